The summed E-state index contributed by atoms with van der Waals surface area (Å²) in [5.41, 5.74) is 6.19. The van der Waals surface area contributed by atoms with E-state index >= 15 is 0 Å². The second kappa shape index (κ2) is 8.78. The highest BCUT2D eigenvalue weighted by Gasteiger charge is 2.09. The fraction of sp³-hybridized carbons (Fsp3) is 0.538. The van der Waals surface area contributed by atoms with Crippen LogP contribution in [-0.4, -0.2) is 41.0 Å². The largest absolute Gasteiger partial charge is 0.492 e. The lowest BCUT2D eigenvalue weighted by atomic mass is 10.3. The minimum Gasteiger partial charge on any atom is -0.492 e. The number of nitrogens with two attached hydrogens (primary N) is 1. The Bertz CT molecular complexity index is 491. The zero-order valence-electron chi connectivity index (χ0n) is 11.7. The van der Waals surface area contributed by atoms with Crippen LogP contribution in [0.15, 0.2) is 24.3 Å². The summed E-state index contributed by atoms with van der Waals surface area (Å²) in [4.78, 5) is 0. The van der Waals surface area contributed by atoms with Crippen molar-refractivity contribution in [2.45, 2.75) is 12.8 Å². The number of benzene rings is 1. The molecule has 3 N–H and O–H groups in total. The Hall–Kier alpha value is -1.31. The molecule has 114 valence electrons. The van der Waals surface area contributed by atoms with E-state index in [2.05, 4.69) is 4.72 Å². The zero-order valence-corrected chi connectivity index (χ0v) is 12.5. The van der Waals surface area contributed by atoms with Gasteiger partial charge in [-0.25, -0.2) is 13.1 Å². The van der Waals surface area contributed by atoms with E-state index in [0.29, 0.717) is 24.6 Å². The molecule has 0 aliphatic rings. The summed E-state index contributed by atoms with van der Waals surface area (Å²) in [5, 5.41) is 0. The van der Waals surface area contributed by atoms with Crippen molar-refractivity contribution in [3.8, 4) is 5.75 Å². The molecule has 0 atom stereocenters. The molecule has 0 unspecified atom stereocenters. The second-order valence-corrected chi connectivity index (χ2v) is 6.26. The topological polar surface area (TPSA) is 90.6 Å². The normalized spacial score (nSPS) is 11.4. The smallest absolute Gasteiger partial charge is 0.214 e. The molecule has 0 fully saturated rings. The van der Waals surface area contributed by atoms with Crippen molar-refractivity contribution in [1.82, 2.24) is 4.72 Å². The first-order valence-electron chi connectivity index (χ1n) is 6.48. The summed E-state index contributed by atoms with van der Waals surface area (Å²) in [7, 11) is -1.67. The molecule has 20 heavy (non-hydrogen) atoms. The predicted molar refractivity (Wildman–Crippen MR) is 79.2 cm³/mol. The van der Waals surface area contributed by atoms with Crippen molar-refractivity contribution >= 4 is 15.7 Å². The van der Waals surface area contributed by atoms with Crippen LogP contribution in [0.1, 0.15) is 12.8 Å². The Morgan fingerprint density at radius 2 is 2.05 bits per heavy atom. The number of nitrogen functional groups attached to an aromatic ring is 1. The van der Waals surface area contributed by atoms with Gasteiger partial charge in [0.15, 0.2) is 0 Å². The molecule has 0 heterocycles. The molecule has 7 heteroatoms. The van der Waals surface area contributed by atoms with Crippen molar-refractivity contribution < 1.29 is 17.9 Å². The van der Waals surface area contributed by atoms with Crippen LogP contribution >= 0.6 is 0 Å². The van der Waals surface area contributed by atoms with Crippen LogP contribution in [0, 0.1) is 0 Å². The van der Waals surface area contributed by atoms with E-state index in [1.165, 1.54) is 0 Å². The van der Waals surface area contributed by atoms with Gasteiger partial charge in [-0.2, -0.15) is 0 Å². The van der Waals surface area contributed by atoms with Crippen LogP contribution in [0.5, 0.6) is 5.75 Å². The number of methoxy groups -OCH3 is 1. The summed E-state index contributed by atoms with van der Waals surface area (Å²) in [6, 6.07) is 6.89. The van der Waals surface area contributed by atoms with E-state index in [1.54, 1.807) is 31.4 Å². The van der Waals surface area contributed by atoms with Crippen molar-refractivity contribution in [1.29, 1.82) is 0 Å². The molecule has 0 spiro atoms. The van der Waals surface area contributed by atoms with Gasteiger partial charge in [0.2, 0.25) is 10.0 Å². The average Bonchev–Trinajstić information content (AvgIpc) is 2.38. The monoisotopic (exact) mass is 302 g/mol. The van der Waals surface area contributed by atoms with Crippen LogP contribution in [0.3, 0.4) is 0 Å². The summed E-state index contributed by atoms with van der Waals surface area (Å²) in [6.45, 7) is 1.15. The highest BCUT2D eigenvalue weighted by Crippen LogP contribution is 2.14. The maximum Gasteiger partial charge on any atom is 0.214 e. The number of nitrogens with one attached hydrogen (secondary N) is 1. The first kappa shape index (κ1) is 16.7. The summed E-state index contributed by atoms with van der Waals surface area (Å²) < 4.78 is 36.1. The van der Waals surface area contributed by atoms with Crippen molar-refractivity contribution in [2.75, 3.05) is 38.4 Å². The Labute approximate surface area is 120 Å². The Morgan fingerprint density at radius 3 is 2.75 bits per heavy atom. The minimum absolute atomic E-state index is 0.0773. The molecule has 6 nitrogen and oxygen atoms in total. The molecule has 1 aromatic rings. The van der Waals surface area contributed by atoms with Crippen LogP contribution in [0.25, 0.3) is 0 Å². The van der Waals surface area contributed by atoms with Crippen LogP contribution in [0.2, 0.25) is 0 Å². The number of ether oxygens (including phenoxy) is 2. The molecule has 0 aliphatic heterocycles. The molecule has 0 saturated heterocycles. The maximum absolute atomic E-state index is 11.7. The number of sulfonamides is 1. The summed E-state index contributed by atoms with van der Waals surface area (Å²) in [6.07, 6.45) is 1.59. The van der Waals surface area contributed by atoms with Gasteiger partial charge in [-0.15, -0.1) is 0 Å². The number of unbranched alkanes of at least 4 members (excludes halogenated alkanes) is 1. The molecule has 0 aromatic heterocycles. The number of hydrogen-bond donors (Lipinski definition) is 2. The average molecular weight is 302 g/mol. The van der Waals surface area contributed by atoms with E-state index in [-0.39, 0.29) is 12.4 Å². The van der Waals surface area contributed by atoms with Gasteiger partial charge in [-0.1, -0.05) is 6.07 Å². The summed E-state index contributed by atoms with van der Waals surface area (Å²) >= 11 is 0. The molecular weight excluding hydrogens is 280 g/mol. The van der Waals surface area contributed by atoms with E-state index in [9.17, 15) is 8.42 Å². The SMILES string of the molecule is COCCCCNS(=O)(=O)CCOc1cccc(N)c1. The third-order valence-corrected chi connectivity index (χ3v) is 3.92. The van der Waals surface area contributed by atoms with Crippen molar-refractivity contribution in [3.63, 3.8) is 0 Å². The van der Waals surface area contributed by atoms with Gasteiger partial charge in [-0.05, 0) is 25.0 Å². The standard InChI is InChI=1S/C13H22N2O4S/c1-18-8-3-2-7-15-20(16,17)10-9-19-13-6-4-5-12(14)11-13/h4-6,11,15H,2-3,7-10,14H2,1H3. The van der Waals surface area contributed by atoms with Gasteiger partial charge >= 0.3 is 0 Å². The first-order valence-corrected chi connectivity index (χ1v) is 8.13. The van der Waals surface area contributed by atoms with Gasteiger partial charge < -0.3 is 15.2 Å². The predicted octanol–water partition coefficient (Wildman–Crippen LogP) is 0.994. The lowest BCUT2D eigenvalue weighted by molar-refractivity contribution is 0.193. The molecule has 1 aromatic carbocycles. The Kier molecular flexibility index (Phi) is 7.35. The molecular formula is C13H22N2O4S. The third kappa shape index (κ3) is 7.32. The highest BCUT2D eigenvalue weighted by atomic mass is 32.2. The van der Waals surface area contributed by atoms with E-state index in [0.717, 1.165) is 12.8 Å². The quantitative estimate of drug-likeness (QED) is 0.497. The molecule has 1 rings (SSSR count). The zero-order chi connectivity index (χ0) is 14.8. The van der Waals surface area contributed by atoms with E-state index in [4.69, 9.17) is 15.2 Å². The van der Waals surface area contributed by atoms with Crippen LogP contribution in [-0.2, 0) is 14.8 Å². The molecule has 0 radical (unpaired) electrons. The van der Waals surface area contributed by atoms with E-state index in [1.807, 2.05) is 0 Å². The minimum atomic E-state index is -3.30. The number of hydrogen-bond acceptors (Lipinski definition) is 5. The molecule has 0 aliphatic carbocycles. The number of rotatable bonds is 10. The Morgan fingerprint density at radius 1 is 1.25 bits per heavy atom. The van der Waals surface area contributed by atoms with Gasteiger partial charge in [0, 0.05) is 32.0 Å². The highest BCUT2D eigenvalue weighted by molar-refractivity contribution is 7.89. The van der Waals surface area contributed by atoms with Crippen molar-refractivity contribution in [3.05, 3.63) is 24.3 Å². The summed E-state index contributed by atoms with van der Waals surface area (Å²) in [5.74, 6) is 0.492. The molecule has 0 amide bonds. The fourth-order valence-electron chi connectivity index (χ4n) is 1.54. The molecule has 0 saturated carbocycles. The van der Waals surface area contributed by atoms with Crippen LogP contribution in [0.4, 0.5) is 5.69 Å². The third-order valence-electron chi connectivity index (χ3n) is 2.58. The van der Waals surface area contributed by atoms with E-state index < -0.39 is 10.0 Å². The lowest BCUT2D eigenvalue weighted by Gasteiger charge is -2.08. The van der Waals surface area contributed by atoms with Crippen LogP contribution < -0.4 is 15.2 Å². The first-order chi connectivity index (χ1) is 9.53. The van der Waals surface area contributed by atoms with Gasteiger partial charge in [-0.3, -0.25) is 0 Å². The maximum atomic E-state index is 11.7. The Balaban J connectivity index is 2.22. The molecule has 0 bridgehead atoms. The lowest BCUT2D eigenvalue weighted by Crippen LogP contribution is -2.30. The number of anilines is 1. The van der Waals surface area contributed by atoms with Gasteiger partial charge in [0.1, 0.15) is 12.4 Å². The second-order valence-electron chi connectivity index (χ2n) is 4.33. The van der Waals surface area contributed by atoms with Crippen molar-refractivity contribution in [2.24, 2.45) is 0 Å². The van der Waals surface area contributed by atoms with Gasteiger partial charge in [0.05, 0.1) is 5.75 Å². The fourth-order valence-corrected chi connectivity index (χ4v) is 2.45. The van der Waals surface area contributed by atoms with Gasteiger partial charge in [0.25, 0.3) is 0 Å².